The molecule has 2 aliphatic rings. The molecule has 1 fully saturated rings. The number of carbonyl (C=O) groups excluding carboxylic acids is 1. The van der Waals surface area contributed by atoms with E-state index in [0.717, 1.165) is 50.0 Å². The van der Waals surface area contributed by atoms with Gasteiger partial charge in [-0.25, -0.2) is 8.78 Å². The van der Waals surface area contributed by atoms with E-state index in [1.165, 1.54) is 18.2 Å². The van der Waals surface area contributed by atoms with Gasteiger partial charge in [-0.1, -0.05) is 6.07 Å². The van der Waals surface area contributed by atoms with Crippen molar-refractivity contribution in [1.82, 2.24) is 20.0 Å². The molecule has 5 nitrogen and oxygen atoms in total. The number of amides is 1. The first-order chi connectivity index (χ1) is 13.0. The van der Waals surface area contributed by atoms with Crippen LogP contribution in [0.5, 0.6) is 0 Å². The van der Waals surface area contributed by atoms with Crippen molar-refractivity contribution in [1.29, 1.82) is 0 Å². The monoisotopic (exact) mass is 374 g/mol. The molecule has 1 atom stereocenters. The Bertz CT molecular complexity index is 838. The van der Waals surface area contributed by atoms with Crippen LogP contribution in [0.25, 0.3) is 0 Å². The average Bonchev–Trinajstić information content (AvgIpc) is 3.29. The molecule has 1 aliphatic heterocycles. The van der Waals surface area contributed by atoms with Crippen molar-refractivity contribution >= 4 is 5.91 Å². The maximum absolute atomic E-state index is 13.8. The van der Waals surface area contributed by atoms with Crippen LogP contribution in [0.3, 0.4) is 0 Å². The van der Waals surface area contributed by atoms with Crippen LogP contribution in [0.1, 0.15) is 46.6 Å². The van der Waals surface area contributed by atoms with Crippen molar-refractivity contribution in [2.45, 2.75) is 44.7 Å². The number of carbonyl (C=O) groups is 1. The first kappa shape index (κ1) is 18.1. The Morgan fingerprint density at radius 1 is 1.26 bits per heavy atom. The molecule has 0 bridgehead atoms. The molecule has 27 heavy (non-hydrogen) atoms. The van der Waals surface area contributed by atoms with Gasteiger partial charge in [0.1, 0.15) is 11.6 Å². The fourth-order valence-corrected chi connectivity index (χ4v) is 4.15. The highest BCUT2D eigenvalue weighted by molar-refractivity contribution is 5.94. The third-order valence-corrected chi connectivity index (χ3v) is 5.68. The summed E-state index contributed by atoms with van der Waals surface area (Å²) in [5, 5.41) is 7.76. The normalized spacial score (nSPS) is 19.4. The molecule has 2 heterocycles. The third-order valence-electron chi connectivity index (χ3n) is 5.68. The van der Waals surface area contributed by atoms with Gasteiger partial charge in [0.05, 0.1) is 0 Å². The van der Waals surface area contributed by atoms with Gasteiger partial charge in [-0.2, -0.15) is 5.10 Å². The summed E-state index contributed by atoms with van der Waals surface area (Å²) in [6.45, 7) is 1.71. The van der Waals surface area contributed by atoms with Crippen molar-refractivity contribution < 1.29 is 13.6 Å². The lowest BCUT2D eigenvalue weighted by molar-refractivity contribution is 0.0785. The third kappa shape index (κ3) is 3.48. The second-order valence-electron chi connectivity index (χ2n) is 7.42. The van der Waals surface area contributed by atoms with Gasteiger partial charge in [0.15, 0.2) is 5.69 Å². The quantitative estimate of drug-likeness (QED) is 0.895. The van der Waals surface area contributed by atoms with Crippen molar-refractivity contribution in [3.05, 3.63) is 52.3 Å². The molecule has 1 N–H and O–H groups in total. The van der Waals surface area contributed by atoms with Crippen LogP contribution in [-0.2, 0) is 26.4 Å². The van der Waals surface area contributed by atoms with Gasteiger partial charge in [-0.3, -0.25) is 9.48 Å². The van der Waals surface area contributed by atoms with E-state index in [4.69, 9.17) is 0 Å². The van der Waals surface area contributed by atoms with E-state index in [0.29, 0.717) is 12.1 Å². The number of halogens is 2. The number of benzene rings is 1. The van der Waals surface area contributed by atoms with Crippen LogP contribution in [-0.4, -0.2) is 39.7 Å². The Morgan fingerprint density at radius 2 is 1.96 bits per heavy atom. The van der Waals surface area contributed by atoms with E-state index in [1.807, 2.05) is 16.6 Å². The lowest BCUT2D eigenvalue weighted by atomic mass is 9.91. The molecule has 2 aromatic rings. The molecular weight excluding hydrogens is 350 g/mol. The predicted molar refractivity (Wildman–Crippen MR) is 97.4 cm³/mol. The fourth-order valence-electron chi connectivity index (χ4n) is 4.15. The van der Waals surface area contributed by atoms with Crippen LogP contribution in [0, 0.1) is 11.6 Å². The van der Waals surface area contributed by atoms with Crippen molar-refractivity contribution in [3.8, 4) is 0 Å². The molecule has 1 unspecified atom stereocenters. The lowest BCUT2D eigenvalue weighted by Crippen LogP contribution is -2.36. The second kappa shape index (κ2) is 7.38. The van der Waals surface area contributed by atoms with E-state index in [2.05, 4.69) is 10.4 Å². The van der Waals surface area contributed by atoms with Gasteiger partial charge in [-0.15, -0.1) is 0 Å². The SMILES string of the molecule is Cn1nc(C(=O)N2CCCC2)c2c1CCC(NCc1c(F)cccc1F)C2. The van der Waals surface area contributed by atoms with Crippen molar-refractivity contribution in [3.63, 3.8) is 0 Å². The molecule has 0 spiro atoms. The van der Waals surface area contributed by atoms with Crippen molar-refractivity contribution in [2.24, 2.45) is 7.05 Å². The number of rotatable bonds is 4. The fraction of sp³-hybridized carbons (Fsp3) is 0.500. The molecule has 1 aliphatic carbocycles. The number of nitrogens with one attached hydrogen (secondary N) is 1. The van der Waals surface area contributed by atoms with E-state index in [9.17, 15) is 13.6 Å². The first-order valence-electron chi connectivity index (χ1n) is 9.55. The van der Waals surface area contributed by atoms with Gasteiger partial charge in [0.25, 0.3) is 5.91 Å². The summed E-state index contributed by atoms with van der Waals surface area (Å²) in [4.78, 5) is 14.7. The molecule has 144 valence electrons. The molecule has 1 amide bonds. The highest BCUT2D eigenvalue weighted by atomic mass is 19.1. The standard InChI is InChI=1S/C20H24F2N4O/c1-25-18-8-7-13(23-12-15-16(21)5-4-6-17(15)22)11-14(18)19(24-25)20(27)26-9-2-3-10-26/h4-6,13,23H,2-3,7-12H2,1H3. The van der Waals surface area contributed by atoms with E-state index < -0.39 is 11.6 Å². The van der Waals surface area contributed by atoms with Gasteiger partial charge in [0.2, 0.25) is 0 Å². The predicted octanol–water partition coefficient (Wildman–Crippen LogP) is 2.58. The summed E-state index contributed by atoms with van der Waals surface area (Å²) in [7, 11) is 1.88. The number of aromatic nitrogens is 2. The van der Waals surface area contributed by atoms with Crippen LogP contribution in [0.15, 0.2) is 18.2 Å². The van der Waals surface area contributed by atoms with Crippen LogP contribution < -0.4 is 5.32 Å². The van der Waals surface area contributed by atoms with Crippen LogP contribution in [0.2, 0.25) is 0 Å². The zero-order chi connectivity index (χ0) is 19.0. The minimum Gasteiger partial charge on any atom is -0.337 e. The molecule has 0 saturated carbocycles. The minimum atomic E-state index is -0.537. The number of aryl methyl sites for hydroxylation is 1. The maximum atomic E-state index is 13.8. The van der Waals surface area contributed by atoms with E-state index >= 15 is 0 Å². The summed E-state index contributed by atoms with van der Waals surface area (Å²) in [5.74, 6) is -1.07. The molecule has 4 rings (SSSR count). The van der Waals surface area contributed by atoms with Crippen LogP contribution in [0.4, 0.5) is 8.78 Å². The molecule has 1 aromatic carbocycles. The summed E-state index contributed by atoms with van der Waals surface area (Å²) in [6, 6.07) is 3.97. The summed E-state index contributed by atoms with van der Waals surface area (Å²) >= 11 is 0. The topological polar surface area (TPSA) is 50.2 Å². The Labute approximate surface area is 157 Å². The van der Waals surface area contributed by atoms with Gasteiger partial charge in [-0.05, 0) is 44.2 Å². The second-order valence-corrected chi connectivity index (χ2v) is 7.42. The summed E-state index contributed by atoms with van der Waals surface area (Å²) in [6.07, 6.45) is 4.37. The van der Waals surface area contributed by atoms with E-state index in [-0.39, 0.29) is 24.1 Å². The highest BCUT2D eigenvalue weighted by Crippen LogP contribution is 2.26. The number of hydrogen-bond donors (Lipinski definition) is 1. The molecule has 1 aromatic heterocycles. The number of likely N-dealkylation sites (tertiary alicyclic amines) is 1. The zero-order valence-corrected chi connectivity index (χ0v) is 15.5. The Balaban J connectivity index is 1.50. The molecule has 7 heteroatoms. The van der Waals surface area contributed by atoms with Gasteiger partial charge in [0, 0.05) is 49.5 Å². The number of nitrogens with zero attached hydrogens (tertiary/aromatic N) is 3. The lowest BCUT2D eigenvalue weighted by Gasteiger charge is -2.25. The summed E-state index contributed by atoms with van der Waals surface area (Å²) in [5.41, 5.74) is 2.67. The largest absolute Gasteiger partial charge is 0.337 e. The molecule has 0 radical (unpaired) electrons. The zero-order valence-electron chi connectivity index (χ0n) is 15.5. The van der Waals surface area contributed by atoms with E-state index in [1.54, 1.807) is 0 Å². The first-order valence-corrected chi connectivity index (χ1v) is 9.55. The molecule has 1 saturated heterocycles. The van der Waals surface area contributed by atoms with Crippen LogP contribution >= 0.6 is 0 Å². The number of fused-ring (bicyclic) bond motifs is 1. The Kier molecular flexibility index (Phi) is 4.95. The number of hydrogen-bond acceptors (Lipinski definition) is 3. The summed E-state index contributed by atoms with van der Waals surface area (Å²) < 4.78 is 29.5. The maximum Gasteiger partial charge on any atom is 0.274 e. The van der Waals surface area contributed by atoms with Crippen molar-refractivity contribution in [2.75, 3.05) is 13.1 Å². The highest BCUT2D eigenvalue weighted by Gasteiger charge is 2.31. The minimum absolute atomic E-state index is 0.00477. The average molecular weight is 374 g/mol. The Morgan fingerprint density at radius 3 is 2.67 bits per heavy atom. The van der Waals surface area contributed by atoms with Gasteiger partial charge < -0.3 is 10.2 Å². The smallest absolute Gasteiger partial charge is 0.274 e. The molecular formula is C20H24F2N4O. The Hall–Kier alpha value is -2.28. The van der Waals surface area contributed by atoms with Gasteiger partial charge >= 0.3 is 0 Å².